The Balaban J connectivity index is 2.15. The summed E-state index contributed by atoms with van der Waals surface area (Å²) in [5.41, 5.74) is 0.419. The lowest BCUT2D eigenvalue weighted by Gasteiger charge is -1.96. The van der Waals surface area contributed by atoms with E-state index in [9.17, 15) is 18.4 Å². The molecule has 0 saturated heterocycles. The molecule has 0 radical (unpaired) electrons. The number of thiophene rings is 1. The number of carbonyl (C=O) groups is 2. The van der Waals surface area contributed by atoms with Gasteiger partial charge in [-0.2, -0.15) is 0 Å². The summed E-state index contributed by atoms with van der Waals surface area (Å²) in [6.45, 7) is 0. The van der Waals surface area contributed by atoms with Crippen LogP contribution < -0.4 is 0 Å². The molecule has 6 heteroatoms. The van der Waals surface area contributed by atoms with Crippen molar-refractivity contribution in [1.29, 1.82) is 0 Å². The van der Waals surface area contributed by atoms with Gasteiger partial charge >= 0.3 is 0 Å². The average Bonchev–Trinajstić information content (AvgIpc) is 2.90. The molecule has 0 spiro atoms. The summed E-state index contributed by atoms with van der Waals surface area (Å²) in [4.78, 5) is 24.2. The zero-order valence-electron chi connectivity index (χ0n) is 9.75. The lowest BCUT2D eigenvalue weighted by Crippen LogP contribution is -2.00. The second kappa shape index (κ2) is 4.71. The number of halogens is 3. The van der Waals surface area contributed by atoms with E-state index in [1.807, 2.05) is 0 Å². The summed E-state index contributed by atoms with van der Waals surface area (Å²) in [6, 6.07) is 3.29. The van der Waals surface area contributed by atoms with Gasteiger partial charge in [0.05, 0.1) is 9.36 Å². The number of rotatable bonds is 1. The molecule has 0 saturated carbocycles. The van der Waals surface area contributed by atoms with Gasteiger partial charge < -0.3 is 0 Å². The van der Waals surface area contributed by atoms with E-state index in [2.05, 4.69) is 15.9 Å². The Morgan fingerprint density at radius 1 is 1.05 bits per heavy atom. The zero-order chi connectivity index (χ0) is 14.4. The van der Waals surface area contributed by atoms with E-state index >= 15 is 0 Å². The van der Waals surface area contributed by atoms with Crippen LogP contribution in [0.15, 0.2) is 32.9 Å². The fourth-order valence-electron chi connectivity index (χ4n) is 2.01. The number of carbonyl (C=O) groups excluding carboxylic acids is 2. The van der Waals surface area contributed by atoms with Crippen molar-refractivity contribution >= 4 is 44.9 Å². The molecule has 2 nitrogen and oxygen atoms in total. The number of fused-ring (bicyclic) bond motifs is 1. The Labute approximate surface area is 124 Å². The molecule has 1 aromatic heterocycles. The van der Waals surface area contributed by atoms with Gasteiger partial charge in [-0.15, -0.1) is 11.3 Å². The molecule has 0 bridgehead atoms. The molecule has 1 aromatic carbocycles. The number of Topliss-reactive ketones (excluding diaryl/α,β-unsaturated/α-hetero) is 2. The molecule has 0 aliphatic heterocycles. The Bertz CT molecular complexity index is 749. The maximum absolute atomic E-state index is 13.2. The maximum atomic E-state index is 13.2. The second-order valence-electron chi connectivity index (χ2n) is 4.18. The summed E-state index contributed by atoms with van der Waals surface area (Å²) in [6.07, 6.45) is 1.43. The van der Waals surface area contributed by atoms with Crippen molar-refractivity contribution in [2.24, 2.45) is 0 Å². The van der Waals surface area contributed by atoms with Crippen LogP contribution in [0, 0.1) is 11.6 Å². The predicted molar refractivity (Wildman–Crippen MR) is 75.0 cm³/mol. The van der Waals surface area contributed by atoms with Gasteiger partial charge in [-0.25, -0.2) is 8.78 Å². The fourth-order valence-corrected chi connectivity index (χ4v) is 3.18. The van der Waals surface area contributed by atoms with Crippen molar-refractivity contribution in [3.05, 3.63) is 61.3 Å². The van der Waals surface area contributed by atoms with Crippen LogP contribution in [0.1, 0.15) is 26.3 Å². The van der Waals surface area contributed by atoms with Crippen LogP contribution in [0.2, 0.25) is 0 Å². The Hall–Kier alpha value is -1.66. The highest BCUT2D eigenvalue weighted by molar-refractivity contribution is 9.11. The van der Waals surface area contributed by atoms with Gasteiger partial charge in [0.15, 0.2) is 23.2 Å². The van der Waals surface area contributed by atoms with E-state index in [1.165, 1.54) is 17.4 Å². The predicted octanol–water partition coefficient (Wildman–Crippen LogP) is 4.25. The van der Waals surface area contributed by atoms with Crippen LogP contribution in [0.25, 0.3) is 6.08 Å². The molecule has 0 amide bonds. The van der Waals surface area contributed by atoms with Crippen LogP contribution in [0.5, 0.6) is 0 Å². The monoisotopic (exact) mass is 354 g/mol. The molecule has 20 heavy (non-hydrogen) atoms. The maximum Gasteiger partial charge on any atom is 0.197 e. The molecule has 3 rings (SSSR count). The Morgan fingerprint density at radius 3 is 2.05 bits per heavy atom. The van der Waals surface area contributed by atoms with Gasteiger partial charge in [0.1, 0.15) is 0 Å². The Kier molecular flexibility index (Phi) is 3.14. The number of benzene rings is 1. The first-order valence-corrected chi connectivity index (χ1v) is 7.19. The molecule has 0 N–H and O–H groups in total. The highest BCUT2D eigenvalue weighted by Gasteiger charge is 2.34. The summed E-state index contributed by atoms with van der Waals surface area (Å²) < 4.78 is 27.1. The van der Waals surface area contributed by atoms with Gasteiger partial charge in [-0.3, -0.25) is 9.59 Å². The number of ketones is 2. The van der Waals surface area contributed by atoms with E-state index in [4.69, 9.17) is 0 Å². The standard InChI is InChI=1S/C14H5BrF2O2S/c15-14-6(1-2-20-14)3-9-12(18)7-4-10(16)11(17)5-8(7)13(9)19/h1-5H. The van der Waals surface area contributed by atoms with Gasteiger partial charge in [0.2, 0.25) is 0 Å². The van der Waals surface area contributed by atoms with Crippen molar-refractivity contribution < 1.29 is 18.4 Å². The first kappa shape index (κ1) is 13.3. The number of hydrogen-bond acceptors (Lipinski definition) is 3. The molecule has 1 aliphatic rings. The number of allylic oxidation sites excluding steroid dienone is 1. The van der Waals surface area contributed by atoms with Crippen LogP contribution in [0.3, 0.4) is 0 Å². The summed E-state index contributed by atoms with van der Waals surface area (Å²) in [5, 5.41) is 1.80. The molecule has 1 heterocycles. The van der Waals surface area contributed by atoms with Crippen molar-refractivity contribution in [3.63, 3.8) is 0 Å². The minimum atomic E-state index is -1.14. The van der Waals surface area contributed by atoms with Crippen LogP contribution in [0.4, 0.5) is 8.78 Å². The third-order valence-corrected chi connectivity index (χ3v) is 4.72. The largest absolute Gasteiger partial charge is 0.288 e. The van der Waals surface area contributed by atoms with E-state index in [-0.39, 0.29) is 16.7 Å². The van der Waals surface area contributed by atoms with Crippen molar-refractivity contribution in [2.45, 2.75) is 0 Å². The van der Waals surface area contributed by atoms with Crippen molar-refractivity contribution in [3.8, 4) is 0 Å². The quantitative estimate of drug-likeness (QED) is 0.566. The topological polar surface area (TPSA) is 34.1 Å². The number of hydrogen-bond donors (Lipinski definition) is 0. The third kappa shape index (κ3) is 1.96. The minimum Gasteiger partial charge on any atom is -0.288 e. The van der Waals surface area contributed by atoms with Crippen LogP contribution in [-0.4, -0.2) is 11.6 Å². The Morgan fingerprint density at radius 2 is 1.60 bits per heavy atom. The van der Waals surface area contributed by atoms with E-state index in [0.29, 0.717) is 5.56 Å². The molecule has 100 valence electrons. The van der Waals surface area contributed by atoms with Crippen LogP contribution in [-0.2, 0) is 0 Å². The van der Waals surface area contributed by atoms with Gasteiger partial charge in [0, 0.05) is 16.7 Å². The molecule has 0 atom stereocenters. The van der Waals surface area contributed by atoms with E-state index < -0.39 is 23.2 Å². The van der Waals surface area contributed by atoms with Crippen molar-refractivity contribution in [2.75, 3.05) is 0 Å². The lowest BCUT2D eigenvalue weighted by atomic mass is 10.1. The van der Waals surface area contributed by atoms with Gasteiger partial charge in [-0.05, 0) is 45.6 Å². The molecule has 2 aromatic rings. The van der Waals surface area contributed by atoms with Crippen molar-refractivity contribution in [1.82, 2.24) is 0 Å². The average molecular weight is 355 g/mol. The highest BCUT2D eigenvalue weighted by Crippen LogP contribution is 2.32. The molecular weight excluding hydrogens is 350 g/mol. The van der Waals surface area contributed by atoms with E-state index in [0.717, 1.165) is 15.9 Å². The minimum absolute atomic E-state index is 0.0795. The highest BCUT2D eigenvalue weighted by atomic mass is 79.9. The zero-order valence-corrected chi connectivity index (χ0v) is 12.1. The van der Waals surface area contributed by atoms with E-state index in [1.54, 1.807) is 11.4 Å². The van der Waals surface area contributed by atoms with Crippen LogP contribution >= 0.6 is 27.3 Å². The summed E-state index contributed by atoms with van der Waals surface area (Å²) in [5.74, 6) is -3.44. The van der Waals surface area contributed by atoms with Gasteiger partial charge in [0.25, 0.3) is 0 Å². The SMILES string of the molecule is O=C1C(=Cc2ccsc2Br)C(=O)c2cc(F)c(F)cc21. The molecule has 0 fully saturated rings. The summed E-state index contributed by atoms with van der Waals surface area (Å²) >= 11 is 4.71. The lowest BCUT2D eigenvalue weighted by molar-refractivity contribution is 0.0990. The summed E-state index contributed by atoms with van der Waals surface area (Å²) in [7, 11) is 0. The first-order chi connectivity index (χ1) is 9.49. The second-order valence-corrected chi connectivity index (χ2v) is 6.41. The fraction of sp³-hybridized carbons (Fsp3) is 0. The first-order valence-electron chi connectivity index (χ1n) is 5.52. The molecular formula is C14H5BrF2O2S. The molecule has 0 unspecified atom stereocenters. The third-order valence-electron chi connectivity index (χ3n) is 2.98. The van der Waals surface area contributed by atoms with Gasteiger partial charge in [-0.1, -0.05) is 0 Å². The smallest absolute Gasteiger partial charge is 0.197 e. The molecule has 1 aliphatic carbocycles. The normalized spacial score (nSPS) is 13.8.